The number of fused-ring (bicyclic) bond motifs is 1. The van der Waals surface area contributed by atoms with Gasteiger partial charge in [0, 0.05) is 14.7 Å². The van der Waals surface area contributed by atoms with E-state index in [1.165, 1.54) is 24.3 Å². The summed E-state index contributed by atoms with van der Waals surface area (Å²) < 4.78 is 0.963. The van der Waals surface area contributed by atoms with E-state index in [9.17, 15) is 14.7 Å². The number of phenols is 1. The van der Waals surface area contributed by atoms with Gasteiger partial charge >= 0.3 is 0 Å². The molecule has 0 radical (unpaired) electrons. The standard InChI is InChI=1S/C15H10IN3O3/c16-9-3-6-12-11(7-9)13(15(22)17-12)18-19-14(21)8-1-4-10(20)5-2-8/h1-7,20H,(H,19,21)(H,17,18,22). The van der Waals surface area contributed by atoms with Crippen LogP contribution in [0.25, 0.3) is 0 Å². The van der Waals surface area contributed by atoms with Crippen molar-refractivity contribution in [2.45, 2.75) is 0 Å². The summed E-state index contributed by atoms with van der Waals surface area (Å²) in [5.74, 6) is -0.746. The Hall–Kier alpha value is -2.42. The quantitative estimate of drug-likeness (QED) is 0.526. The van der Waals surface area contributed by atoms with Crippen molar-refractivity contribution in [3.05, 3.63) is 57.2 Å². The number of hydrazone groups is 1. The molecule has 0 saturated heterocycles. The van der Waals surface area contributed by atoms with Gasteiger partial charge in [0.15, 0.2) is 5.71 Å². The molecule has 1 aliphatic heterocycles. The molecule has 6 nitrogen and oxygen atoms in total. The van der Waals surface area contributed by atoms with E-state index < -0.39 is 5.91 Å². The van der Waals surface area contributed by atoms with Crippen LogP contribution in [0.1, 0.15) is 15.9 Å². The van der Waals surface area contributed by atoms with Crippen LogP contribution in [0.2, 0.25) is 0 Å². The number of rotatable bonds is 2. The Morgan fingerprint density at radius 3 is 2.64 bits per heavy atom. The largest absolute Gasteiger partial charge is 0.508 e. The maximum absolute atomic E-state index is 12.0. The number of phenolic OH excluding ortho intramolecular Hbond substituents is 1. The molecule has 3 N–H and O–H groups in total. The van der Waals surface area contributed by atoms with E-state index in [0.717, 1.165) is 3.57 Å². The second kappa shape index (κ2) is 5.76. The molecule has 2 aromatic carbocycles. The molecule has 0 bridgehead atoms. The number of amides is 2. The Labute approximate surface area is 139 Å². The van der Waals surface area contributed by atoms with E-state index in [4.69, 9.17) is 0 Å². The summed E-state index contributed by atoms with van der Waals surface area (Å²) in [6.45, 7) is 0. The molecule has 7 heteroatoms. The summed E-state index contributed by atoms with van der Waals surface area (Å²) in [6.07, 6.45) is 0. The second-order valence-corrected chi connectivity index (χ2v) is 5.84. The predicted molar refractivity (Wildman–Crippen MR) is 89.9 cm³/mol. The number of carbonyl (C=O) groups excluding carboxylic acids is 2. The van der Waals surface area contributed by atoms with E-state index in [0.29, 0.717) is 16.8 Å². The number of nitrogens with zero attached hydrogens (tertiary/aromatic N) is 1. The lowest BCUT2D eigenvalue weighted by atomic mass is 10.1. The normalized spacial score (nSPS) is 14.6. The highest BCUT2D eigenvalue weighted by Crippen LogP contribution is 2.25. The number of halogens is 1. The van der Waals surface area contributed by atoms with E-state index in [1.54, 1.807) is 6.07 Å². The molecule has 110 valence electrons. The maximum atomic E-state index is 12.0. The maximum Gasteiger partial charge on any atom is 0.276 e. The van der Waals surface area contributed by atoms with E-state index >= 15 is 0 Å². The molecule has 3 rings (SSSR count). The summed E-state index contributed by atoms with van der Waals surface area (Å²) >= 11 is 2.14. The lowest BCUT2D eigenvalue weighted by Gasteiger charge is -2.02. The van der Waals surface area contributed by atoms with Gasteiger partial charge in [-0.3, -0.25) is 9.59 Å². The van der Waals surface area contributed by atoms with Crippen LogP contribution in [-0.2, 0) is 4.79 Å². The highest BCUT2D eigenvalue weighted by molar-refractivity contribution is 14.1. The van der Waals surface area contributed by atoms with Gasteiger partial charge in [-0.2, -0.15) is 5.10 Å². The topological polar surface area (TPSA) is 90.8 Å². The van der Waals surface area contributed by atoms with Gasteiger partial charge in [0.1, 0.15) is 5.75 Å². The molecule has 0 atom stereocenters. The first-order valence-electron chi connectivity index (χ1n) is 6.33. The summed E-state index contributed by atoms with van der Waals surface area (Å²) in [7, 11) is 0. The van der Waals surface area contributed by atoms with Gasteiger partial charge in [-0.15, -0.1) is 0 Å². The Morgan fingerprint density at radius 2 is 1.91 bits per heavy atom. The van der Waals surface area contributed by atoms with Crippen molar-refractivity contribution in [2.75, 3.05) is 5.32 Å². The monoisotopic (exact) mass is 407 g/mol. The average molecular weight is 407 g/mol. The third-order valence-electron chi connectivity index (χ3n) is 3.10. The number of nitrogens with one attached hydrogen (secondary N) is 2. The van der Waals surface area contributed by atoms with E-state index in [1.807, 2.05) is 12.1 Å². The zero-order chi connectivity index (χ0) is 15.7. The van der Waals surface area contributed by atoms with Crippen molar-refractivity contribution in [1.29, 1.82) is 0 Å². The van der Waals surface area contributed by atoms with Gasteiger partial charge in [0.05, 0.1) is 5.69 Å². The minimum absolute atomic E-state index is 0.0709. The first kappa shape index (κ1) is 14.5. The fraction of sp³-hybridized carbons (Fsp3) is 0. The summed E-state index contributed by atoms with van der Waals surface area (Å²) in [6, 6.07) is 11.2. The fourth-order valence-corrected chi connectivity index (χ4v) is 2.51. The lowest BCUT2D eigenvalue weighted by Crippen LogP contribution is -2.23. The summed E-state index contributed by atoms with van der Waals surface area (Å²) in [5.41, 5.74) is 4.18. The van der Waals surface area contributed by atoms with Crippen LogP contribution in [0.4, 0.5) is 5.69 Å². The fourth-order valence-electron chi connectivity index (χ4n) is 2.02. The third-order valence-corrected chi connectivity index (χ3v) is 3.77. The number of carbonyl (C=O) groups is 2. The van der Waals surface area contributed by atoms with Gasteiger partial charge in [-0.25, -0.2) is 5.43 Å². The molecule has 1 heterocycles. The molecule has 2 aromatic rings. The molecule has 0 aliphatic carbocycles. The van der Waals surface area contributed by atoms with Crippen molar-refractivity contribution in [2.24, 2.45) is 5.10 Å². The molecular formula is C15H10IN3O3. The molecule has 0 spiro atoms. The van der Waals surface area contributed by atoms with Gasteiger partial charge in [-0.05, 0) is 65.1 Å². The Balaban J connectivity index is 1.84. The predicted octanol–water partition coefficient (Wildman–Crippen LogP) is 2.08. The second-order valence-electron chi connectivity index (χ2n) is 4.59. The Morgan fingerprint density at radius 1 is 1.18 bits per heavy atom. The summed E-state index contributed by atoms with van der Waals surface area (Å²) in [5, 5.41) is 15.8. The molecule has 0 fully saturated rings. The van der Waals surface area contributed by atoms with Crippen molar-refractivity contribution in [3.63, 3.8) is 0 Å². The number of aromatic hydroxyl groups is 1. The lowest BCUT2D eigenvalue weighted by molar-refractivity contribution is -0.110. The van der Waals surface area contributed by atoms with Crippen LogP contribution in [0.3, 0.4) is 0 Å². The molecule has 0 unspecified atom stereocenters. The molecular weight excluding hydrogens is 397 g/mol. The molecule has 2 amide bonds. The number of hydrogen-bond donors (Lipinski definition) is 3. The zero-order valence-corrected chi connectivity index (χ0v) is 13.3. The van der Waals surface area contributed by atoms with Gasteiger partial charge in [-0.1, -0.05) is 0 Å². The highest BCUT2D eigenvalue weighted by Gasteiger charge is 2.26. The number of hydrogen-bond acceptors (Lipinski definition) is 4. The van der Waals surface area contributed by atoms with E-state index in [2.05, 4.69) is 38.4 Å². The van der Waals surface area contributed by atoms with Gasteiger partial charge < -0.3 is 10.4 Å². The summed E-state index contributed by atoms with van der Waals surface area (Å²) in [4.78, 5) is 23.9. The molecule has 22 heavy (non-hydrogen) atoms. The first-order valence-corrected chi connectivity index (χ1v) is 7.41. The Kier molecular flexibility index (Phi) is 3.80. The number of benzene rings is 2. The van der Waals surface area contributed by atoms with E-state index in [-0.39, 0.29) is 17.4 Å². The molecule has 0 saturated carbocycles. The zero-order valence-electron chi connectivity index (χ0n) is 11.1. The average Bonchev–Trinajstić information content (AvgIpc) is 2.80. The smallest absolute Gasteiger partial charge is 0.276 e. The van der Waals surface area contributed by atoms with Crippen LogP contribution in [0, 0.1) is 3.57 Å². The van der Waals surface area contributed by atoms with Gasteiger partial charge in [0.25, 0.3) is 11.8 Å². The van der Waals surface area contributed by atoms with Crippen LogP contribution < -0.4 is 10.7 Å². The van der Waals surface area contributed by atoms with Crippen molar-refractivity contribution in [3.8, 4) is 5.75 Å². The van der Waals surface area contributed by atoms with Crippen LogP contribution in [-0.4, -0.2) is 22.6 Å². The van der Waals surface area contributed by atoms with Crippen LogP contribution in [0.15, 0.2) is 47.6 Å². The van der Waals surface area contributed by atoms with Crippen LogP contribution in [0.5, 0.6) is 5.75 Å². The minimum Gasteiger partial charge on any atom is -0.508 e. The van der Waals surface area contributed by atoms with Gasteiger partial charge in [0.2, 0.25) is 0 Å². The van der Waals surface area contributed by atoms with Crippen LogP contribution >= 0.6 is 22.6 Å². The minimum atomic E-state index is -0.459. The highest BCUT2D eigenvalue weighted by atomic mass is 127. The first-order chi connectivity index (χ1) is 10.5. The van der Waals surface area contributed by atoms with Crippen molar-refractivity contribution in [1.82, 2.24) is 5.43 Å². The SMILES string of the molecule is O=C1Nc2ccc(I)cc2/C1=N\NC(=O)c1ccc(O)cc1. The number of anilines is 1. The molecule has 1 aliphatic rings. The van der Waals surface area contributed by atoms with Crippen molar-refractivity contribution >= 4 is 45.8 Å². The van der Waals surface area contributed by atoms with Crippen molar-refractivity contribution < 1.29 is 14.7 Å². The molecule has 0 aromatic heterocycles. The third kappa shape index (κ3) is 2.80. The Bertz CT molecular complexity index is 800.